The molecule has 1 aromatic carbocycles. The number of nitro groups is 1. The van der Waals surface area contributed by atoms with Gasteiger partial charge in [0.1, 0.15) is 0 Å². The van der Waals surface area contributed by atoms with E-state index in [0.29, 0.717) is 17.4 Å². The number of aliphatic imine (C=N–C) groups is 1. The van der Waals surface area contributed by atoms with Crippen LogP contribution < -0.4 is 10.6 Å². The van der Waals surface area contributed by atoms with Crippen LogP contribution in [0.3, 0.4) is 0 Å². The maximum Gasteiger partial charge on any atom is 0.274 e. The van der Waals surface area contributed by atoms with Crippen molar-refractivity contribution in [1.29, 1.82) is 0 Å². The number of nitro benzene ring substituents is 1. The second-order valence-electron chi connectivity index (χ2n) is 5.42. The summed E-state index contributed by atoms with van der Waals surface area (Å²) in [5.74, 6) is 1.03. The van der Waals surface area contributed by atoms with Crippen LogP contribution in [0.15, 0.2) is 46.1 Å². The van der Waals surface area contributed by atoms with Gasteiger partial charge in [0.2, 0.25) is 0 Å². The van der Waals surface area contributed by atoms with Crippen LogP contribution in [0, 0.1) is 10.1 Å². The van der Waals surface area contributed by atoms with Crippen molar-refractivity contribution in [2.45, 2.75) is 26.3 Å². The van der Waals surface area contributed by atoms with E-state index in [-0.39, 0.29) is 41.1 Å². The average Bonchev–Trinajstić information content (AvgIpc) is 3.12. The molecule has 1 unspecified atom stereocenters. The molecule has 1 aromatic heterocycles. The fourth-order valence-electron chi connectivity index (χ4n) is 2.25. The molecule has 8 heteroatoms. The SMILES string of the molecule is CCNC(=NCc1ccccc1[N+](=O)[O-])NCC(C)c1ccsc1.I. The van der Waals surface area contributed by atoms with Crippen LogP contribution in [0.2, 0.25) is 0 Å². The van der Waals surface area contributed by atoms with E-state index in [1.54, 1.807) is 29.5 Å². The number of thiophene rings is 1. The van der Waals surface area contributed by atoms with Crippen LogP contribution >= 0.6 is 35.3 Å². The van der Waals surface area contributed by atoms with Crippen LogP contribution in [-0.4, -0.2) is 24.0 Å². The molecule has 0 radical (unpaired) electrons. The number of hydrogen-bond acceptors (Lipinski definition) is 4. The van der Waals surface area contributed by atoms with Crippen molar-refractivity contribution in [2.75, 3.05) is 13.1 Å². The largest absolute Gasteiger partial charge is 0.357 e. The Morgan fingerprint density at radius 2 is 2.08 bits per heavy atom. The molecule has 0 spiro atoms. The van der Waals surface area contributed by atoms with Crippen molar-refractivity contribution in [1.82, 2.24) is 10.6 Å². The van der Waals surface area contributed by atoms with Crippen LogP contribution in [0.5, 0.6) is 0 Å². The minimum Gasteiger partial charge on any atom is -0.357 e. The maximum absolute atomic E-state index is 11.1. The molecule has 0 saturated carbocycles. The van der Waals surface area contributed by atoms with E-state index in [2.05, 4.69) is 39.4 Å². The number of halogens is 1. The normalized spacial score (nSPS) is 12.2. The lowest BCUT2D eigenvalue weighted by molar-refractivity contribution is -0.385. The molecular weight excluding hydrogens is 451 g/mol. The number of para-hydroxylation sites is 1. The zero-order chi connectivity index (χ0) is 17.4. The van der Waals surface area contributed by atoms with Gasteiger partial charge in [-0.25, -0.2) is 4.99 Å². The van der Waals surface area contributed by atoms with E-state index in [9.17, 15) is 10.1 Å². The van der Waals surface area contributed by atoms with Crippen LogP contribution in [0.25, 0.3) is 0 Å². The molecule has 0 amide bonds. The highest BCUT2D eigenvalue weighted by atomic mass is 127. The summed E-state index contributed by atoms with van der Waals surface area (Å²) in [5.41, 5.74) is 2.00. The molecule has 0 aliphatic carbocycles. The van der Waals surface area contributed by atoms with Gasteiger partial charge in [0.15, 0.2) is 5.96 Å². The van der Waals surface area contributed by atoms with Gasteiger partial charge in [-0.3, -0.25) is 10.1 Å². The van der Waals surface area contributed by atoms with Gasteiger partial charge in [0.25, 0.3) is 5.69 Å². The van der Waals surface area contributed by atoms with Gasteiger partial charge >= 0.3 is 0 Å². The first kappa shape index (κ1) is 21.4. The number of guanidine groups is 1. The summed E-state index contributed by atoms with van der Waals surface area (Å²) in [7, 11) is 0. The predicted octanol–water partition coefficient (Wildman–Crippen LogP) is 4.13. The average molecular weight is 474 g/mol. The summed E-state index contributed by atoms with van der Waals surface area (Å²) in [6.07, 6.45) is 0. The lowest BCUT2D eigenvalue weighted by atomic mass is 10.1. The topological polar surface area (TPSA) is 79.6 Å². The van der Waals surface area contributed by atoms with Gasteiger partial charge in [0, 0.05) is 19.2 Å². The molecular formula is C17H23IN4O2S. The zero-order valence-corrected chi connectivity index (χ0v) is 17.4. The van der Waals surface area contributed by atoms with Crippen molar-refractivity contribution in [2.24, 2.45) is 4.99 Å². The lowest BCUT2D eigenvalue weighted by Gasteiger charge is -2.15. The van der Waals surface area contributed by atoms with Crippen molar-refractivity contribution < 1.29 is 4.92 Å². The summed E-state index contributed by atoms with van der Waals surface area (Å²) >= 11 is 1.69. The zero-order valence-electron chi connectivity index (χ0n) is 14.3. The Hall–Kier alpha value is -1.68. The molecule has 1 atom stereocenters. The van der Waals surface area contributed by atoms with Gasteiger partial charge in [-0.15, -0.1) is 24.0 Å². The molecule has 6 nitrogen and oxygen atoms in total. The van der Waals surface area contributed by atoms with Gasteiger partial charge < -0.3 is 10.6 Å². The molecule has 2 N–H and O–H groups in total. The number of hydrogen-bond donors (Lipinski definition) is 2. The van der Waals surface area contributed by atoms with E-state index in [4.69, 9.17) is 0 Å². The number of nitrogens with zero attached hydrogens (tertiary/aromatic N) is 2. The first-order valence-electron chi connectivity index (χ1n) is 7.88. The molecule has 0 aliphatic heterocycles. The van der Waals surface area contributed by atoms with Crippen molar-refractivity contribution in [3.8, 4) is 0 Å². The Labute approximate surface area is 168 Å². The minimum absolute atomic E-state index is 0. The number of nitrogens with one attached hydrogen (secondary N) is 2. The summed E-state index contributed by atoms with van der Waals surface area (Å²) in [4.78, 5) is 15.2. The number of benzene rings is 1. The van der Waals surface area contributed by atoms with E-state index >= 15 is 0 Å². The maximum atomic E-state index is 11.1. The van der Waals surface area contributed by atoms with E-state index in [1.807, 2.05) is 6.92 Å². The van der Waals surface area contributed by atoms with E-state index < -0.39 is 0 Å². The van der Waals surface area contributed by atoms with Crippen LogP contribution in [0.4, 0.5) is 5.69 Å². The molecule has 1 heterocycles. The molecule has 0 aliphatic rings. The van der Waals surface area contributed by atoms with Gasteiger partial charge in [-0.1, -0.05) is 25.1 Å². The third-order valence-corrected chi connectivity index (χ3v) is 4.33. The van der Waals surface area contributed by atoms with Gasteiger partial charge in [-0.05, 0) is 35.2 Å². The van der Waals surface area contributed by atoms with Crippen molar-refractivity contribution >= 4 is 47.0 Å². The fourth-order valence-corrected chi connectivity index (χ4v) is 3.03. The second-order valence-corrected chi connectivity index (χ2v) is 6.20. The summed E-state index contributed by atoms with van der Waals surface area (Å²) in [6, 6.07) is 8.81. The minimum atomic E-state index is -0.371. The standard InChI is InChI=1S/C17H22N4O2S.HI/c1-3-18-17(19-10-13(2)15-8-9-24-12-15)20-11-14-6-4-5-7-16(14)21(22)23;/h4-9,12-13H,3,10-11H2,1-2H3,(H2,18,19,20);1H. The first-order valence-corrected chi connectivity index (χ1v) is 8.82. The highest BCUT2D eigenvalue weighted by Crippen LogP contribution is 2.19. The molecule has 0 bridgehead atoms. The third kappa shape index (κ3) is 6.62. The Balaban J connectivity index is 0.00000312. The summed E-state index contributed by atoms with van der Waals surface area (Å²) < 4.78 is 0. The lowest BCUT2D eigenvalue weighted by Crippen LogP contribution is -2.39. The third-order valence-electron chi connectivity index (χ3n) is 3.63. The molecule has 0 fully saturated rings. The first-order chi connectivity index (χ1) is 11.6. The molecule has 2 aromatic rings. The Bertz CT molecular complexity index is 692. The molecule has 136 valence electrons. The Kier molecular flexibility index (Phi) is 9.43. The van der Waals surface area contributed by atoms with Crippen molar-refractivity contribution in [3.05, 3.63) is 62.3 Å². The predicted molar refractivity (Wildman–Crippen MR) is 114 cm³/mol. The monoisotopic (exact) mass is 474 g/mol. The van der Waals surface area contributed by atoms with Crippen LogP contribution in [0.1, 0.15) is 30.9 Å². The summed E-state index contributed by atoms with van der Waals surface area (Å²) in [5, 5.41) is 21.8. The quantitative estimate of drug-likeness (QED) is 0.208. The second kappa shape index (κ2) is 11.0. The van der Waals surface area contributed by atoms with Gasteiger partial charge in [-0.2, -0.15) is 11.3 Å². The van der Waals surface area contributed by atoms with E-state index in [1.165, 1.54) is 11.6 Å². The highest BCUT2D eigenvalue weighted by molar-refractivity contribution is 14.0. The molecule has 0 saturated heterocycles. The van der Waals surface area contributed by atoms with Crippen molar-refractivity contribution in [3.63, 3.8) is 0 Å². The highest BCUT2D eigenvalue weighted by Gasteiger charge is 2.12. The molecule has 25 heavy (non-hydrogen) atoms. The van der Waals surface area contributed by atoms with E-state index in [0.717, 1.165) is 13.1 Å². The number of rotatable bonds is 7. The Morgan fingerprint density at radius 1 is 1.32 bits per heavy atom. The molecule has 2 rings (SSSR count). The Morgan fingerprint density at radius 3 is 2.72 bits per heavy atom. The summed E-state index contributed by atoms with van der Waals surface area (Å²) in [6.45, 7) is 5.89. The van der Waals surface area contributed by atoms with Crippen LogP contribution in [-0.2, 0) is 6.54 Å². The van der Waals surface area contributed by atoms with Gasteiger partial charge in [0.05, 0.1) is 17.0 Å². The fraction of sp³-hybridized carbons (Fsp3) is 0.353. The smallest absolute Gasteiger partial charge is 0.274 e.